The van der Waals surface area contributed by atoms with E-state index in [-0.39, 0.29) is 17.7 Å². The summed E-state index contributed by atoms with van der Waals surface area (Å²) in [6.07, 6.45) is 7.90. The van der Waals surface area contributed by atoms with Gasteiger partial charge in [0.1, 0.15) is 0 Å². The van der Waals surface area contributed by atoms with Gasteiger partial charge < -0.3 is 19.5 Å². The van der Waals surface area contributed by atoms with Crippen LogP contribution < -0.4 is 5.32 Å². The number of piperidine rings is 2. The Hall–Kier alpha value is -1.82. The van der Waals surface area contributed by atoms with Crippen LogP contribution in [0.25, 0.3) is 0 Å². The van der Waals surface area contributed by atoms with E-state index in [4.69, 9.17) is 4.42 Å². The lowest BCUT2D eigenvalue weighted by Gasteiger charge is -2.33. The summed E-state index contributed by atoms with van der Waals surface area (Å²) in [6, 6.07) is 4.08. The van der Waals surface area contributed by atoms with Gasteiger partial charge in [-0.1, -0.05) is 6.42 Å². The summed E-state index contributed by atoms with van der Waals surface area (Å²) < 4.78 is 5.17. The summed E-state index contributed by atoms with van der Waals surface area (Å²) in [5.41, 5.74) is 0. The van der Waals surface area contributed by atoms with E-state index in [1.54, 1.807) is 17.0 Å². The first kappa shape index (κ1) is 19.0. The summed E-state index contributed by atoms with van der Waals surface area (Å²) in [5, 5.41) is 3.09. The molecule has 2 fully saturated rings. The number of carbonyl (C=O) groups is 2. The molecule has 26 heavy (non-hydrogen) atoms. The molecule has 0 spiro atoms. The van der Waals surface area contributed by atoms with Gasteiger partial charge in [-0.25, -0.2) is 0 Å². The Balaban J connectivity index is 1.33. The lowest BCUT2D eigenvalue weighted by atomic mass is 9.95. The molecule has 3 heterocycles. The van der Waals surface area contributed by atoms with E-state index >= 15 is 0 Å². The molecule has 1 unspecified atom stereocenters. The molecule has 0 aromatic carbocycles. The molecule has 144 valence electrons. The van der Waals surface area contributed by atoms with Crippen LogP contribution >= 0.6 is 0 Å². The highest BCUT2D eigenvalue weighted by Gasteiger charge is 2.28. The van der Waals surface area contributed by atoms with Gasteiger partial charge >= 0.3 is 0 Å². The van der Waals surface area contributed by atoms with Crippen molar-refractivity contribution in [2.75, 3.05) is 32.7 Å². The number of carbonyl (C=O) groups excluding carboxylic acids is 2. The molecule has 0 saturated carbocycles. The number of hydrogen-bond donors (Lipinski definition) is 1. The maximum absolute atomic E-state index is 12.4. The number of hydrogen-bond acceptors (Lipinski definition) is 4. The van der Waals surface area contributed by atoms with Gasteiger partial charge in [-0.2, -0.15) is 0 Å². The van der Waals surface area contributed by atoms with Gasteiger partial charge in [0.05, 0.1) is 6.26 Å². The van der Waals surface area contributed by atoms with Crippen LogP contribution in [-0.2, 0) is 4.79 Å². The Kier molecular flexibility index (Phi) is 6.72. The van der Waals surface area contributed by atoms with Crippen molar-refractivity contribution in [2.45, 2.75) is 51.5 Å². The summed E-state index contributed by atoms with van der Waals surface area (Å²) in [5.74, 6) is 0.454. The smallest absolute Gasteiger partial charge is 0.289 e. The predicted octanol–water partition coefficient (Wildman–Crippen LogP) is 2.51. The van der Waals surface area contributed by atoms with E-state index in [9.17, 15) is 9.59 Å². The van der Waals surface area contributed by atoms with Crippen molar-refractivity contribution < 1.29 is 14.0 Å². The first-order chi connectivity index (χ1) is 12.6. The standard InChI is InChI=1S/C20H31N3O3/c1-16-6-2-3-11-22(16)12-5-10-21-19(24)17-8-13-23(14-9-17)20(25)18-7-4-15-26-18/h4,7,15-17H,2-3,5-6,8-14H2,1H3,(H,21,24). The third kappa shape index (κ3) is 4.87. The van der Waals surface area contributed by atoms with Crippen LogP contribution in [0, 0.1) is 5.92 Å². The molecule has 2 aliphatic heterocycles. The van der Waals surface area contributed by atoms with E-state index in [2.05, 4.69) is 17.1 Å². The van der Waals surface area contributed by atoms with Crippen LogP contribution in [0.4, 0.5) is 0 Å². The number of nitrogens with zero attached hydrogens (tertiary/aromatic N) is 2. The Morgan fingerprint density at radius 1 is 1.19 bits per heavy atom. The van der Waals surface area contributed by atoms with Crippen molar-refractivity contribution >= 4 is 11.8 Å². The maximum Gasteiger partial charge on any atom is 0.289 e. The second-order valence-corrected chi connectivity index (χ2v) is 7.57. The zero-order valence-corrected chi connectivity index (χ0v) is 15.8. The summed E-state index contributed by atoms with van der Waals surface area (Å²) >= 11 is 0. The van der Waals surface area contributed by atoms with E-state index in [0.717, 1.165) is 32.4 Å². The highest BCUT2D eigenvalue weighted by atomic mass is 16.3. The molecule has 0 aliphatic carbocycles. The Morgan fingerprint density at radius 3 is 2.69 bits per heavy atom. The second-order valence-electron chi connectivity index (χ2n) is 7.57. The molecule has 3 rings (SSSR count). The second kappa shape index (κ2) is 9.21. The monoisotopic (exact) mass is 361 g/mol. The third-order valence-electron chi connectivity index (χ3n) is 5.75. The average Bonchev–Trinajstić information content (AvgIpc) is 3.20. The van der Waals surface area contributed by atoms with Gasteiger partial charge in [0, 0.05) is 38.1 Å². The number of nitrogens with one attached hydrogen (secondary N) is 1. The summed E-state index contributed by atoms with van der Waals surface area (Å²) in [7, 11) is 0. The quantitative estimate of drug-likeness (QED) is 0.791. The number of amides is 2. The molecule has 6 nitrogen and oxygen atoms in total. The molecule has 1 N–H and O–H groups in total. The molecule has 2 aliphatic rings. The molecule has 0 radical (unpaired) electrons. The largest absolute Gasteiger partial charge is 0.459 e. The minimum atomic E-state index is -0.0792. The first-order valence-corrected chi connectivity index (χ1v) is 9.99. The SMILES string of the molecule is CC1CCCCN1CCCNC(=O)C1CCN(C(=O)c2ccco2)CC1. The van der Waals surface area contributed by atoms with Crippen LogP contribution in [0.1, 0.15) is 56.0 Å². The Morgan fingerprint density at radius 2 is 2.00 bits per heavy atom. The van der Waals surface area contributed by atoms with Crippen LogP contribution in [0.3, 0.4) is 0 Å². The van der Waals surface area contributed by atoms with Crippen LogP contribution in [-0.4, -0.2) is 60.4 Å². The van der Waals surface area contributed by atoms with Crippen molar-refractivity contribution in [2.24, 2.45) is 5.92 Å². The molecule has 1 aromatic heterocycles. The number of furan rings is 1. The molecular formula is C20H31N3O3. The fraction of sp³-hybridized carbons (Fsp3) is 0.700. The predicted molar refractivity (Wildman–Crippen MR) is 99.8 cm³/mol. The Labute approximate surface area is 155 Å². The number of likely N-dealkylation sites (tertiary alicyclic amines) is 2. The molecule has 1 aromatic rings. The van der Waals surface area contributed by atoms with Gasteiger partial charge in [-0.05, 0) is 57.7 Å². The van der Waals surface area contributed by atoms with Crippen molar-refractivity contribution in [1.82, 2.24) is 15.1 Å². The van der Waals surface area contributed by atoms with E-state index in [0.29, 0.717) is 24.9 Å². The molecule has 0 bridgehead atoms. The fourth-order valence-corrected chi connectivity index (χ4v) is 4.03. The molecule has 6 heteroatoms. The van der Waals surface area contributed by atoms with Crippen molar-refractivity contribution in [3.8, 4) is 0 Å². The number of rotatable bonds is 6. The highest BCUT2D eigenvalue weighted by Crippen LogP contribution is 2.20. The van der Waals surface area contributed by atoms with Gasteiger partial charge in [0.15, 0.2) is 5.76 Å². The summed E-state index contributed by atoms with van der Waals surface area (Å²) in [4.78, 5) is 28.9. The van der Waals surface area contributed by atoms with E-state index in [1.165, 1.54) is 32.1 Å². The van der Waals surface area contributed by atoms with Crippen molar-refractivity contribution in [3.63, 3.8) is 0 Å². The van der Waals surface area contributed by atoms with Crippen LogP contribution in [0.15, 0.2) is 22.8 Å². The molecular weight excluding hydrogens is 330 g/mol. The van der Waals surface area contributed by atoms with Crippen molar-refractivity contribution in [3.05, 3.63) is 24.2 Å². The summed E-state index contributed by atoms with van der Waals surface area (Å²) in [6.45, 7) is 6.53. The third-order valence-corrected chi connectivity index (χ3v) is 5.75. The normalized spacial score (nSPS) is 22.3. The zero-order chi connectivity index (χ0) is 18.4. The minimum absolute atomic E-state index is 0.0181. The van der Waals surface area contributed by atoms with Gasteiger partial charge in [0.25, 0.3) is 5.91 Å². The molecule has 1 atom stereocenters. The topological polar surface area (TPSA) is 65.8 Å². The van der Waals surface area contributed by atoms with Gasteiger partial charge in [0.2, 0.25) is 5.91 Å². The van der Waals surface area contributed by atoms with Gasteiger partial charge in [-0.15, -0.1) is 0 Å². The van der Waals surface area contributed by atoms with E-state index in [1.807, 2.05) is 0 Å². The zero-order valence-electron chi connectivity index (χ0n) is 15.8. The first-order valence-electron chi connectivity index (χ1n) is 9.99. The lowest BCUT2D eigenvalue weighted by molar-refractivity contribution is -0.126. The van der Waals surface area contributed by atoms with Crippen LogP contribution in [0.2, 0.25) is 0 Å². The van der Waals surface area contributed by atoms with Crippen molar-refractivity contribution in [1.29, 1.82) is 0 Å². The molecule has 2 amide bonds. The van der Waals surface area contributed by atoms with Gasteiger partial charge in [-0.3, -0.25) is 9.59 Å². The highest BCUT2D eigenvalue weighted by molar-refractivity contribution is 5.91. The van der Waals surface area contributed by atoms with E-state index < -0.39 is 0 Å². The minimum Gasteiger partial charge on any atom is -0.459 e. The molecule has 2 saturated heterocycles. The average molecular weight is 361 g/mol. The Bertz CT molecular complexity index is 579. The maximum atomic E-state index is 12.4. The van der Waals surface area contributed by atoms with Crippen LogP contribution in [0.5, 0.6) is 0 Å². The lowest BCUT2D eigenvalue weighted by Crippen LogP contribution is -2.43. The fourth-order valence-electron chi connectivity index (χ4n) is 4.03.